The Kier molecular flexibility index (Phi) is 3.45. The summed E-state index contributed by atoms with van der Waals surface area (Å²) in [6.07, 6.45) is 6.26. The van der Waals surface area contributed by atoms with Crippen molar-refractivity contribution in [3.63, 3.8) is 0 Å². The number of nitrogens with one attached hydrogen (secondary N) is 1. The van der Waals surface area contributed by atoms with Crippen LogP contribution in [0.4, 0.5) is 0 Å². The number of hydrogen-bond acceptors (Lipinski definition) is 3. The van der Waals surface area contributed by atoms with Crippen LogP contribution in [0.3, 0.4) is 0 Å². The Hall–Kier alpha value is -1.22. The first-order valence-electron chi connectivity index (χ1n) is 5.50. The summed E-state index contributed by atoms with van der Waals surface area (Å²) in [5, 5.41) is 3.30. The average molecular weight is 204 g/mol. The highest BCUT2D eigenvalue weighted by molar-refractivity contribution is 5.95. The van der Waals surface area contributed by atoms with Crippen molar-refractivity contribution in [3.05, 3.63) is 30.1 Å². The van der Waals surface area contributed by atoms with Gasteiger partial charge in [-0.1, -0.05) is 0 Å². The van der Waals surface area contributed by atoms with Gasteiger partial charge in [-0.3, -0.25) is 9.78 Å². The molecule has 1 aliphatic heterocycles. The van der Waals surface area contributed by atoms with Gasteiger partial charge >= 0.3 is 0 Å². The number of nitrogens with zero attached hydrogens (tertiary/aromatic N) is 1. The van der Waals surface area contributed by atoms with Gasteiger partial charge in [-0.15, -0.1) is 0 Å². The fraction of sp³-hybridized carbons (Fsp3) is 0.500. The Morgan fingerprint density at radius 1 is 1.47 bits per heavy atom. The Morgan fingerprint density at radius 2 is 2.27 bits per heavy atom. The van der Waals surface area contributed by atoms with Crippen molar-refractivity contribution in [1.82, 2.24) is 10.3 Å². The highest BCUT2D eigenvalue weighted by Crippen LogP contribution is 2.18. The lowest BCUT2D eigenvalue weighted by Gasteiger charge is -2.21. The minimum atomic E-state index is 0.231. The van der Waals surface area contributed by atoms with E-state index in [4.69, 9.17) is 0 Å². The number of hydrogen-bond donors (Lipinski definition) is 1. The number of carbonyl (C=O) groups is 1. The number of Topliss-reactive ketones (excluding diaryl/α,β-unsaturated/α-hetero) is 1. The summed E-state index contributed by atoms with van der Waals surface area (Å²) in [5.41, 5.74) is 0.746. The fourth-order valence-electron chi connectivity index (χ4n) is 1.99. The molecule has 0 aromatic carbocycles. The van der Waals surface area contributed by atoms with E-state index in [1.807, 2.05) is 12.1 Å². The van der Waals surface area contributed by atoms with E-state index >= 15 is 0 Å². The van der Waals surface area contributed by atoms with Crippen LogP contribution in [0.25, 0.3) is 0 Å². The van der Waals surface area contributed by atoms with Crippen LogP contribution in [0, 0.1) is 5.92 Å². The van der Waals surface area contributed by atoms with Crippen LogP contribution in [0.2, 0.25) is 0 Å². The third-order valence-corrected chi connectivity index (χ3v) is 2.92. The van der Waals surface area contributed by atoms with E-state index in [0.29, 0.717) is 12.3 Å². The predicted octanol–water partition coefficient (Wildman–Crippen LogP) is 1.65. The van der Waals surface area contributed by atoms with Gasteiger partial charge < -0.3 is 5.32 Å². The van der Waals surface area contributed by atoms with Gasteiger partial charge in [0.25, 0.3) is 0 Å². The molecule has 80 valence electrons. The molecular formula is C12H16N2O. The number of aromatic nitrogens is 1. The minimum absolute atomic E-state index is 0.231. The van der Waals surface area contributed by atoms with E-state index in [-0.39, 0.29) is 5.78 Å². The summed E-state index contributed by atoms with van der Waals surface area (Å²) in [4.78, 5) is 15.8. The van der Waals surface area contributed by atoms with Gasteiger partial charge in [0.1, 0.15) is 0 Å². The number of ketones is 1. The third-order valence-electron chi connectivity index (χ3n) is 2.92. The third kappa shape index (κ3) is 2.86. The summed E-state index contributed by atoms with van der Waals surface area (Å²) in [6.45, 7) is 2.09. The van der Waals surface area contributed by atoms with Gasteiger partial charge in [-0.05, 0) is 44.0 Å². The highest BCUT2D eigenvalue weighted by atomic mass is 16.1. The molecular weight excluding hydrogens is 188 g/mol. The lowest BCUT2D eigenvalue weighted by Crippen LogP contribution is -2.28. The average Bonchev–Trinajstić information content (AvgIpc) is 2.31. The molecule has 1 aromatic heterocycles. The van der Waals surface area contributed by atoms with Crippen molar-refractivity contribution in [2.75, 3.05) is 13.1 Å². The van der Waals surface area contributed by atoms with E-state index in [1.54, 1.807) is 12.4 Å². The quantitative estimate of drug-likeness (QED) is 0.761. The molecule has 1 fully saturated rings. The Labute approximate surface area is 89.9 Å². The first-order valence-corrected chi connectivity index (χ1v) is 5.50. The largest absolute Gasteiger partial charge is 0.317 e. The number of carbonyl (C=O) groups excluding carboxylic acids is 1. The normalized spacial score (nSPS) is 17.6. The molecule has 2 rings (SSSR count). The van der Waals surface area contributed by atoms with Crippen LogP contribution in [0.5, 0.6) is 0 Å². The van der Waals surface area contributed by atoms with E-state index in [9.17, 15) is 4.79 Å². The van der Waals surface area contributed by atoms with E-state index < -0.39 is 0 Å². The van der Waals surface area contributed by atoms with Crippen molar-refractivity contribution < 1.29 is 4.79 Å². The molecule has 1 saturated heterocycles. The SMILES string of the molecule is O=C(CC1CCNCC1)c1cccnc1. The van der Waals surface area contributed by atoms with Crippen LogP contribution < -0.4 is 5.32 Å². The van der Waals surface area contributed by atoms with Crippen molar-refractivity contribution in [3.8, 4) is 0 Å². The second kappa shape index (κ2) is 5.03. The van der Waals surface area contributed by atoms with E-state index in [2.05, 4.69) is 10.3 Å². The Balaban J connectivity index is 1.91. The maximum Gasteiger partial charge on any atom is 0.164 e. The fourth-order valence-corrected chi connectivity index (χ4v) is 1.99. The first kappa shape index (κ1) is 10.3. The minimum Gasteiger partial charge on any atom is -0.317 e. The molecule has 0 radical (unpaired) electrons. The molecule has 0 spiro atoms. The second-order valence-corrected chi connectivity index (χ2v) is 4.06. The molecule has 3 nitrogen and oxygen atoms in total. The van der Waals surface area contributed by atoms with Gasteiger partial charge in [0.2, 0.25) is 0 Å². The molecule has 0 bridgehead atoms. The highest BCUT2D eigenvalue weighted by Gasteiger charge is 2.17. The van der Waals surface area contributed by atoms with Crippen LogP contribution >= 0.6 is 0 Å². The smallest absolute Gasteiger partial charge is 0.164 e. The summed E-state index contributed by atoms with van der Waals surface area (Å²) in [6, 6.07) is 3.66. The molecule has 1 aromatic rings. The topological polar surface area (TPSA) is 42.0 Å². The second-order valence-electron chi connectivity index (χ2n) is 4.06. The van der Waals surface area contributed by atoms with Gasteiger partial charge in [-0.2, -0.15) is 0 Å². The monoisotopic (exact) mass is 204 g/mol. The van der Waals surface area contributed by atoms with E-state index in [1.165, 1.54) is 0 Å². The number of rotatable bonds is 3. The zero-order valence-corrected chi connectivity index (χ0v) is 8.78. The van der Waals surface area contributed by atoms with Crippen molar-refractivity contribution in [2.45, 2.75) is 19.3 Å². The van der Waals surface area contributed by atoms with Crippen LogP contribution in [0.1, 0.15) is 29.6 Å². The lowest BCUT2D eigenvalue weighted by molar-refractivity contribution is 0.0952. The van der Waals surface area contributed by atoms with Crippen LogP contribution in [0.15, 0.2) is 24.5 Å². The van der Waals surface area contributed by atoms with Gasteiger partial charge in [0, 0.05) is 24.4 Å². The van der Waals surface area contributed by atoms with Gasteiger partial charge in [0.05, 0.1) is 0 Å². The van der Waals surface area contributed by atoms with Crippen LogP contribution in [-0.2, 0) is 0 Å². The van der Waals surface area contributed by atoms with Crippen molar-refractivity contribution >= 4 is 5.78 Å². The number of pyridine rings is 1. The molecule has 0 saturated carbocycles. The maximum absolute atomic E-state index is 11.9. The lowest BCUT2D eigenvalue weighted by atomic mass is 9.91. The van der Waals surface area contributed by atoms with Gasteiger partial charge in [-0.25, -0.2) is 0 Å². The predicted molar refractivity (Wildman–Crippen MR) is 58.8 cm³/mol. The molecule has 1 aliphatic rings. The van der Waals surface area contributed by atoms with Crippen molar-refractivity contribution in [1.29, 1.82) is 0 Å². The number of piperidine rings is 1. The first-order chi connectivity index (χ1) is 7.36. The maximum atomic E-state index is 11.9. The standard InChI is InChI=1S/C12H16N2O/c15-12(11-2-1-5-14-9-11)8-10-3-6-13-7-4-10/h1-2,5,9-10,13H,3-4,6-8H2. The molecule has 1 N–H and O–H groups in total. The molecule has 2 heterocycles. The molecule has 3 heteroatoms. The zero-order chi connectivity index (χ0) is 10.5. The van der Waals surface area contributed by atoms with Crippen molar-refractivity contribution in [2.24, 2.45) is 5.92 Å². The molecule has 0 amide bonds. The summed E-state index contributed by atoms with van der Waals surface area (Å²) < 4.78 is 0. The molecule has 0 atom stereocenters. The summed E-state index contributed by atoms with van der Waals surface area (Å²) >= 11 is 0. The Bertz CT molecular complexity index is 318. The summed E-state index contributed by atoms with van der Waals surface area (Å²) in [5.74, 6) is 0.786. The molecule has 0 unspecified atom stereocenters. The van der Waals surface area contributed by atoms with Gasteiger partial charge in [0.15, 0.2) is 5.78 Å². The van der Waals surface area contributed by atoms with Crippen LogP contribution in [-0.4, -0.2) is 23.9 Å². The van der Waals surface area contributed by atoms with E-state index in [0.717, 1.165) is 31.5 Å². The molecule has 15 heavy (non-hydrogen) atoms. The Morgan fingerprint density at radius 3 is 2.93 bits per heavy atom. The zero-order valence-electron chi connectivity index (χ0n) is 8.78. The molecule has 0 aliphatic carbocycles. The summed E-state index contributed by atoms with van der Waals surface area (Å²) in [7, 11) is 0.